The number of nitrogens with zero attached hydrogens (tertiary/aromatic N) is 6. The molecule has 4 aromatic rings. The zero-order chi connectivity index (χ0) is 24.7. The maximum atomic E-state index is 12.3. The van der Waals surface area contributed by atoms with E-state index >= 15 is 0 Å². The van der Waals surface area contributed by atoms with Gasteiger partial charge < -0.3 is 25.6 Å². The number of hydrogen-bond donors (Lipinski definition) is 4. The number of carbonyl (C=O) groups is 1. The van der Waals surface area contributed by atoms with Crippen LogP contribution < -0.4 is 10.6 Å². The van der Waals surface area contributed by atoms with Crippen LogP contribution in [0.25, 0.3) is 33.8 Å². The first kappa shape index (κ1) is 22.9. The molecule has 0 radical (unpaired) electrons. The molecule has 1 aromatic carbocycles. The summed E-state index contributed by atoms with van der Waals surface area (Å²) in [5, 5.41) is 31.4. The van der Waals surface area contributed by atoms with Gasteiger partial charge in [0.15, 0.2) is 35.1 Å². The predicted molar refractivity (Wildman–Crippen MR) is 127 cm³/mol. The van der Waals surface area contributed by atoms with Gasteiger partial charge in [-0.1, -0.05) is 30.3 Å². The fourth-order valence-corrected chi connectivity index (χ4v) is 4.24. The van der Waals surface area contributed by atoms with Crippen molar-refractivity contribution in [2.45, 2.75) is 31.5 Å². The van der Waals surface area contributed by atoms with Crippen LogP contribution in [0, 0.1) is 0 Å². The Labute approximate surface area is 200 Å². The topological polar surface area (TPSA) is 152 Å². The molecule has 0 bridgehead atoms. The molecule has 0 unspecified atom stereocenters. The molecular weight excluding hydrogens is 452 g/mol. The SMILES string of the molecule is CCNC(=O)[C@H]1O[C@@H](n2cnc3c(NC)nc(-c4cn(C)nc4-c4ccccc4)nc32)[C@H](O)[C@@H]1O. The van der Waals surface area contributed by atoms with E-state index in [1.807, 2.05) is 43.6 Å². The summed E-state index contributed by atoms with van der Waals surface area (Å²) in [5.74, 6) is 0.365. The first-order chi connectivity index (χ1) is 16.9. The van der Waals surface area contributed by atoms with E-state index < -0.39 is 30.4 Å². The molecule has 12 nitrogen and oxygen atoms in total. The maximum absolute atomic E-state index is 12.3. The number of anilines is 1. The van der Waals surface area contributed by atoms with Crippen LogP contribution in [0.3, 0.4) is 0 Å². The number of amides is 1. The number of aliphatic hydroxyl groups is 2. The molecule has 3 aromatic heterocycles. The monoisotopic (exact) mass is 478 g/mol. The van der Waals surface area contributed by atoms with E-state index in [0.717, 1.165) is 5.56 Å². The van der Waals surface area contributed by atoms with Crippen LogP contribution in [0.4, 0.5) is 5.82 Å². The summed E-state index contributed by atoms with van der Waals surface area (Å²) in [4.78, 5) is 26.1. The minimum absolute atomic E-state index is 0.370. The molecule has 1 aliphatic heterocycles. The smallest absolute Gasteiger partial charge is 0.252 e. The predicted octanol–water partition coefficient (Wildman–Crippen LogP) is 0.691. The van der Waals surface area contributed by atoms with Crippen molar-refractivity contribution in [2.24, 2.45) is 7.05 Å². The van der Waals surface area contributed by atoms with Gasteiger partial charge in [-0.25, -0.2) is 15.0 Å². The van der Waals surface area contributed by atoms with Gasteiger partial charge in [-0.05, 0) is 6.92 Å². The number of imidazole rings is 1. The van der Waals surface area contributed by atoms with E-state index in [2.05, 4.69) is 25.7 Å². The summed E-state index contributed by atoms with van der Waals surface area (Å²) in [5.41, 5.74) is 3.15. The molecule has 4 heterocycles. The van der Waals surface area contributed by atoms with Crippen molar-refractivity contribution < 1.29 is 19.7 Å². The minimum Gasteiger partial charge on any atom is -0.387 e. The van der Waals surface area contributed by atoms with Gasteiger partial charge in [0, 0.05) is 32.4 Å². The summed E-state index contributed by atoms with van der Waals surface area (Å²) >= 11 is 0. The van der Waals surface area contributed by atoms with Crippen molar-refractivity contribution in [3.8, 4) is 22.6 Å². The van der Waals surface area contributed by atoms with Gasteiger partial charge in [-0.2, -0.15) is 5.10 Å². The average Bonchev–Trinajstić information content (AvgIpc) is 3.55. The zero-order valence-electron chi connectivity index (χ0n) is 19.5. The Morgan fingerprint density at radius 3 is 2.66 bits per heavy atom. The van der Waals surface area contributed by atoms with Gasteiger partial charge in [0.1, 0.15) is 17.9 Å². The van der Waals surface area contributed by atoms with Gasteiger partial charge in [-0.3, -0.25) is 14.0 Å². The molecule has 0 aliphatic carbocycles. The normalized spacial score (nSPS) is 22.0. The first-order valence-electron chi connectivity index (χ1n) is 11.2. The number of hydrogen-bond acceptors (Lipinski definition) is 9. The van der Waals surface area contributed by atoms with Crippen molar-refractivity contribution in [2.75, 3.05) is 18.9 Å². The number of carbonyl (C=O) groups excluding carboxylic acids is 1. The van der Waals surface area contributed by atoms with Crippen LogP contribution in [0.2, 0.25) is 0 Å². The number of aromatic nitrogens is 6. The molecule has 1 saturated heterocycles. The number of aryl methyl sites for hydroxylation is 1. The fourth-order valence-electron chi connectivity index (χ4n) is 4.24. The van der Waals surface area contributed by atoms with Crippen molar-refractivity contribution in [1.29, 1.82) is 0 Å². The van der Waals surface area contributed by atoms with Crippen LogP contribution in [-0.4, -0.2) is 77.3 Å². The molecule has 4 N–H and O–H groups in total. The maximum Gasteiger partial charge on any atom is 0.252 e. The number of nitrogens with one attached hydrogen (secondary N) is 2. The highest BCUT2D eigenvalue weighted by atomic mass is 16.6. The number of fused-ring (bicyclic) bond motifs is 1. The van der Waals surface area contributed by atoms with E-state index in [-0.39, 0.29) is 0 Å². The third kappa shape index (κ3) is 3.91. The van der Waals surface area contributed by atoms with Crippen LogP contribution in [0.15, 0.2) is 42.9 Å². The number of rotatable bonds is 6. The fraction of sp³-hybridized carbons (Fsp3) is 0.348. The lowest BCUT2D eigenvalue weighted by molar-refractivity contribution is -0.137. The molecule has 0 saturated carbocycles. The van der Waals surface area contributed by atoms with E-state index in [4.69, 9.17) is 9.72 Å². The second kappa shape index (κ2) is 9.06. The van der Waals surface area contributed by atoms with Crippen LogP contribution in [0.1, 0.15) is 13.2 Å². The highest BCUT2D eigenvalue weighted by Gasteiger charge is 2.47. The second-order valence-corrected chi connectivity index (χ2v) is 8.22. The summed E-state index contributed by atoms with van der Waals surface area (Å²) in [6, 6.07) is 9.71. The number of benzene rings is 1. The number of aliphatic hydroxyl groups excluding tert-OH is 2. The first-order valence-corrected chi connectivity index (χ1v) is 11.2. The Balaban J connectivity index is 1.61. The van der Waals surface area contributed by atoms with Crippen molar-refractivity contribution >= 4 is 22.9 Å². The van der Waals surface area contributed by atoms with Crippen LogP contribution in [0.5, 0.6) is 0 Å². The van der Waals surface area contributed by atoms with E-state index in [0.29, 0.717) is 40.6 Å². The minimum atomic E-state index is -1.41. The molecule has 5 rings (SSSR count). The lowest BCUT2D eigenvalue weighted by Gasteiger charge is -2.17. The molecule has 182 valence electrons. The van der Waals surface area contributed by atoms with Crippen LogP contribution >= 0.6 is 0 Å². The molecule has 12 heteroatoms. The van der Waals surface area contributed by atoms with Crippen molar-refractivity contribution in [3.05, 3.63) is 42.9 Å². The van der Waals surface area contributed by atoms with E-state index in [9.17, 15) is 15.0 Å². The van der Waals surface area contributed by atoms with Gasteiger partial charge in [0.05, 0.1) is 11.9 Å². The highest BCUT2D eigenvalue weighted by molar-refractivity contribution is 5.87. The quantitative estimate of drug-likeness (QED) is 0.314. The van der Waals surface area contributed by atoms with Crippen molar-refractivity contribution in [1.82, 2.24) is 34.6 Å². The standard InChI is InChI=1S/C23H26N8O4/c1-4-25-22(34)18-16(32)17(33)23(35-18)31-11-26-15-20(24-2)27-19(28-21(15)31)13-10-30(3)29-14(13)12-8-6-5-7-9-12/h5-11,16-18,23,32-33H,4H2,1-3H3,(H,25,34)(H,24,27,28)/t16-,17+,18-,23+/m0/s1. The summed E-state index contributed by atoms with van der Waals surface area (Å²) in [7, 11) is 3.55. The highest BCUT2D eigenvalue weighted by Crippen LogP contribution is 2.35. The Bertz CT molecular complexity index is 1370. The number of ether oxygens (including phenoxy) is 1. The third-order valence-corrected chi connectivity index (χ3v) is 5.90. The van der Waals surface area contributed by atoms with Gasteiger partial charge >= 0.3 is 0 Å². The van der Waals surface area contributed by atoms with Gasteiger partial charge in [-0.15, -0.1) is 0 Å². The Morgan fingerprint density at radius 1 is 1.17 bits per heavy atom. The summed E-state index contributed by atoms with van der Waals surface area (Å²) in [6.07, 6.45) is -1.78. The molecule has 4 atom stereocenters. The van der Waals surface area contributed by atoms with E-state index in [1.54, 1.807) is 18.7 Å². The number of likely N-dealkylation sites (N-methyl/N-ethyl adjacent to an activating group) is 1. The summed E-state index contributed by atoms with van der Waals surface area (Å²) < 4.78 is 8.98. The average molecular weight is 479 g/mol. The van der Waals surface area contributed by atoms with Gasteiger partial charge in [0.2, 0.25) is 0 Å². The summed E-state index contributed by atoms with van der Waals surface area (Å²) in [6.45, 7) is 2.13. The Hall–Kier alpha value is -3.87. The zero-order valence-corrected chi connectivity index (χ0v) is 19.5. The van der Waals surface area contributed by atoms with Crippen molar-refractivity contribution in [3.63, 3.8) is 0 Å². The molecule has 35 heavy (non-hydrogen) atoms. The molecule has 0 spiro atoms. The largest absolute Gasteiger partial charge is 0.387 e. The molecule has 1 fully saturated rings. The molecular formula is C23H26N8O4. The van der Waals surface area contributed by atoms with Gasteiger partial charge in [0.25, 0.3) is 5.91 Å². The van der Waals surface area contributed by atoms with Crippen LogP contribution in [-0.2, 0) is 16.6 Å². The Kier molecular flexibility index (Phi) is 5.93. The lowest BCUT2D eigenvalue weighted by Crippen LogP contribution is -2.42. The third-order valence-electron chi connectivity index (χ3n) is 5.90. The molecule has 1 aliphatic rings. The second-order valence-electron chi connectivity index (χ2n) is 8.22. The lowest BCUT2D eigenvalue weighted by atomic mass is 10.1. The Morgan fingerprint density at radius 2 is 1.94 bits per heavy atom. The van der Waals surface area contributed by atoms with E-state index in [1.165, 1.54) is 10.9 Å². The molecule has 1 amide bonds.